The molecule has 0 aliphatic rings. The van der Waals surface area contributed by atoms with Gasteiger partial charge in [0.15, 0.2) is 5.96 Å². The summed E-state index contributed by atoms with van der Waals surface area (Å²) in [5.74, 6) is 1.54. The Morgan fingerprint density at radius 3 is 2.59 bits per heavy atom. The van der Waals surface area contributed by atoms with E-state index < -0.39 is 0 Å². The highest BCUT2D eigenvalue weighted by molar-refractivity contribution is 5.79. The molecule has 1 aromatic rings. The number of aliphatic imine (C=N–C) groups is 1. The van der Waals surface area contributed by atoms with E-state index in [2.05, 4.69) is 60.5 Å². The van der Waals surface area contributed by atoms with Crippen LogP contribution in [0.2, 0.25) is 0 Å². The predicted molar refractivity (Wildman–Crippen MR) is 93.0 cm³/mol. The van der Waals surface area contributed by atoms with Crippen LogP contribution in [0, 0.1) is 5.92 Å². The molecule has 0 aromatic carbocycles. The second kappa shape index (κ2) is 9.46. The van der Waals surface area contributed by atoms with E-state index >= 15 is 0 Å². The van der Waals surface area contributed by atoms with E-state index in [0.717, 1.165) is 24.7 Å². The molecule has 1 aromatic heterocycles. The second-order valence-corrected chi connectivity index (χ2v) is 6.27. The van der Waals surface area contributed by atoms with Gasteiger partial charge < -0.3 is 15.5 Å². The Morgan fingerprint density at radius 2 is 2.09 bits per heavy atom. The molecule has 0 aliphatic heterocycles. The summed E-state index contributed by atoms with van der Waals surface area (Å²) in [6.07, 6.45) is 2.97. The highest BCUT2D eigenvalue weighted by Gasteiger charge is 2.13. The van der Waals surface area contributed by atoms with Crippen molar-refractivity contribution in [1.82, 2.24) is 25.3 Å². The van der Waals surface area contributed by atoms with Crippen LogP contribution in [-0.2, 0) is 13.6 Å². The number of nitrogens with zero attached hydrogens (tertiary/aromatic N) is 4. The van der Waals surface area contributed by atoms with Gasteiger partial charge in [-0.2, -0.15) is 5.10 Å². The van der Waals surface area contributed by atoms with E-state index in [0.29, 0.717) is 18.5 Å². The van der Waals surface area contributed by atoms with Gasteiger partial charge in [0.2, 0.25) is 0 Å². The lowest BCUT2D eigenvalue weighted by molar-refractivity contribution is 0.254. The van der Waals surface area contributed by atoms with Crippen LogP contribution in [0.15, 0.2) is 17.3 Å². The van der Waals surface area contributed by atoms with E-state index in [1.54, 1.807) is 6.20 Å². The Bertz CT molecular complexity index is 449. The Hall–Kier alpha value is -1.56. The number of guanidine groups is 1. The molecule has 0 bridgehead atoms. The van der Waals surface area contributed by atoms with Crippen molar-refractivity contribution in [1.29, 1.82) is 0 Å². The van der Waals surface area contributed by atoms with Crippen LogP contribution in [-0.4, -0.2) is 53.9 Å². The number of hydrogen-bond donors (Lipinski definition) is 2. The molecular weight excluding hydrogens is 276 g/mol. The normalized spacial score (nSPS) is 13.7. The molecular formula is C16H32N6. The molecule has 0 saturated carbocycles. The molecule has 0 spiro atoms. The molecule has 1 unspecified atom stereocenters. The fourth-order valence-electron chi connectivity index (χ4n) is 2.29. The minimum atomic E-state index is 0.501. The summed E-state index contributed by atoms with van der Waals surface area (Å²) in [7, 11) is 6.21. The van der Waals surface area contributed by atoms with Gasteiger partial charge in [-0.3, -0.25) is 4.68 Å². The highest BCUT2D eigenvalue weighted by atomic mass is 15.3. The Kier molecular flexibility index (Phi) is 7.95. The zero-order chi connectivity index (χ0) is 16.5. The number of aromatic nitrogens is 2. The van der Waals surface area contributed by atoms with Gasteiger partial charge in [-0.25, -0.2) is 4.99 Å². The van der Waals surface area contributed by atoms with Crippen LogP contribution in [0.4, 0.5) is 0 Å². The summed E-state index contributed by atoms with van der Waals surface area (Å²) in [6, 6.07) is 2.50. The topological polar surface area (TPSA) is 57.5 Å². The van der Waals surface area contributed by atoms with Crippen LogP contribution in [0.3, 0.4) is 0 Å². The molecule has 0 amide bonds. The van der Waals surface area contributed by atoms with Crippen LogP contribution in [0.5, 0.6) is 0 Å². The number of aryl methyl sites for hydroxylation is 1. The number of hydrogen-bond acceptors (Lipinski definition) is 3. The second-order valence-electron chi connectivity index (χ2n) is 6.27. The molecule has 126 valence electrons. The number of nitrogens with one attached hydrogen (secondary N) is 2. The third-order valence-corrected chi connectivity index (χ3v) is 3.64. The van der Waals surface area contributed by atoms with E-state index in [1.165, 1.54) is 6.42 Å². The maximum absolute atomic E-state index is 4.64. The third kappa shape index (κ3) is 6.47. The first-order valence-electron chi connectivity index (χ1n) is 8.09. The van der Waals surface area contributed by atoms with Crippen LogP contribution < -0.4 is 10.6 Å². The summed E-state index contributed by atoms with van der Waals surface area (Å²) < 4.78 is 1.86. The van der Waals surface area contributed by atoms with E-state index in [1.807, 2.05) is 17.8 Å². The summed E-state index contributed by atoms with van der Waals surface area (Å²) in [5.41, 5.74) is 1.10. The minimum Gasteiger partial charge on any atom is -0.357 e. The van der Waals surface area contributed by atoms with Crippen LogP contribution in [0.25, 0.3) is 0 Å². The van der Waals surface area contributed by atoms with Crippen molar-refractivity contribution < 1.29 is 0 Å². The van der Waals surface area contributed by atoms with Crippen molar-refractivity contribution in [2.24, 2.45) is 18.0 Å². The highest BCUT2D eigenvalue weighted by Crippen LogP contribution is 2.08. The van der Waals surface area contributed by atoms with Crippen molar-refractivity contribution in [3.63, 3.8) is 0 Å². The van der Waals surface area contributed by atoms with Crippen LogP contribution in [0.1, 0.15) is 32.9 Å². The average Bonchev–Trinajstić information content (AvgIpc) is 2.85. The molecule has 1 atom stereocenters. The standard InChI is InChI=1S/C16H32N6/c1-7-17-16(18-11-14-8-9-20-22(14)6)19-12-15(21(4)5)10-13(2)3/h8-9,13,15H,7,10-12H2,1-6H3,(H2,17,18,19). The van der Waals surface area contributed by atoms with Gasteiger partial charge >= 0.3 is 0 Å². The zero-order valence-electron chi connectivity index (χ0n) is 14.9. The van der Waals surface area contributed by atoms with E-state index in [4.69, 9.17) is 0 Å². The van der Waals surface area contributed by atoms with Crippen LogP contribution >= 0.6 is 0 Å². The lowest BCUT2D eigenvalue weighted by Crippen LogP contribution is -2.45. The van der Waals surface area contributed by atoms with Gasteiger partial charge in [-0.1, -0.05) is 13.8 Å². The van der Waals surface area contributed by atoms with E-state index in [-0.39, 0.29) is 0 Å². The molecule has 6 heteroatoms. The molecule has 1 rings (SSSR count). The Labute approximate surface area is 135 Å². The van der Waals surface area contributed by atoms with Gasteiger partial charge in [0.25, 0.3) is 0 Å². The third-order valence-electron chi connectivity index (χ3n) is 3.64. The molecule has 6 nitrogen and oxygen atoms in total. The van der Waals surface area contributed by atoms with Gasteiger partial charge in [0.1, 0.15) is 0 Å². The molecule has 0 radical (unpaired) electrons. The summed E-state index contributed by atoms with van der Waals surface area (Å²) >= 11 is 0. The lowest BCUT2D eigenvalue weighted by atomic mass is 10.0. The van der Waals surface area contributed by atoms with Crippen molar-refractivity contribution in [2.45, 2.75) is 39.8 Å². The zero-order valence-corrected chi connectivity index (χ0v) is 14.9. The SMILES string of the molecule is CCNC(=NCc1ccnn1C)NCC(CC(C)C)N(C)C. The van der Waals surface area contributed by atoms with Gasteiger partial charge in [0, 0.05) is 32.4 Å². The average molecular weight is 308 g/mol. The molecule has 1 heterocycles. The Balaban J connectivity index is 2.60. The largest absolute Gasteiger partial charge is 0.357 e. The van der Waals surface area contributed by atoms with Gasteiger partial charge in [-0.15, -0.1) is 0 Å². The van der Waals surface area contributed by atoms with Crippen molar-refractivity contribution in [2.75, 3.05) is 27.2 Å². The smallest absolute Gasteiger partial charge is 0.191 e. The summed E-state index contributed by atoms with van der Waals surface area (Å²) in [4.78, 5) is 6.92. The van der Waals surface area contributed by atoms with E-state index in [9.17, 15) is 0 Å². The predicted octanol–water partition coefficient (Wildman–Crippen LogP) is 1.45. The molecule has 0 aliphatic carbocycles. The molecule has 22 heavy (non-hydrogen) atoms. The maximum atomic E-state index is 4.64. The molecule has 2 N–H and O–H groups in total. The lowest BCUT2D eigenvalue weighted by Gasteiger charge is -2.27. The minimum absolute atomic E-state index is 0.501. The molecule has 0 fully saturated rings. The van der Waals surface area contributed by atoms with Gasteiger partial charge in [0.05, 0.1) is 12.2 Å². The fourth-order valence-corrected chi connectivity index (χ4v) is 2.29. The van der Waals surface area contributed by atoms with Crippen molar-refractivity contribution in [3.8, 4) is 0 Å². The van der Waals surface area contributed by atoms with Crippen molar-refractivity contribution in [3.05, 3.63) is 18.0 Å². The first-order chi connectivity index (χ1) is 10.4. The Morgan fingerprint density at radius 1 is 1.36 bits per heavy atom. The van der Waals surface area contributed by atoms with Crippen molar-refractivity contribution >= 4 is 5.96 Å². The first-order valence-corrected chi connectivity index (χ1v) is 8.09. The maximum Gasteiger partial charge on any atom is 0.191 e. The summed E-state index contributed by atoms with van der Waals surface area (Å²) in [6.45, 7) is 8.98. The number of likely N-dealkylation sites (N-methyl/N-ethyl adjacent to an activating group) is 1. The monoisotopic (exact) mass is 308 g/mol. The van der Waals surface area contributed by atoms with Gasteiger partial charge in [-0.05, 0) is 39.4 Å². The number of rotatable bonds is 8. The fraction of sp³-hybridized carbons (Fsp3) is 0.750. The first kappa shape index (κ1) is 18.5. The summed E-state index contributed by atoms with van der Waals surface area (Å²) in [5, 5.41) is 10.9. The molecule has 0 saturated heterocycles. The quantitative estimate of drug-likeness (QED) is 0.564.